The van der Waals surface area contributed by atoms with E-state index in [2.05, 4.69) is 11.9 Å². The Labute approximate surface area is 232 Å². The van der Waals surface area contributed by atoms with Crippen molar-refractivity contribution in [2.45, 2.75) is 52.7 Å². The quantitative estimate of drug-likeness (QED) is 0.263. The van der Waals surface area contributed by atoms with Crippen LogP contribution in [0.4, 0.5) is 0 Å². The van der Waals surface area contributed by atoms with E-state index in [0.717, 1.165) is 18.4 Å². The number of hydrogen-bond acceptors (Lipinski definition) is 7. The monoisotopic (exact) mass is 546 g/mol. The molecule has 7 nitrogen and oxygen atoms in total. The Bertz CT molecular complexity index is 1560. The van der Waals surface area contributed by atoms with Crippen LogP contribution in [0, 0.1) is 0 Å². The van der Waals surface area contributed by atoms with Crippen LogP contribution in [0.25, 0.3) is 12.2 Å². The van der Waals surface area contributed by atoms with Gasteiger partial charge in [-0.3, -0.25) is 9.36 Å². The number of methoxy groups -OCH3 is 1. The second kappa shape index (κ2) is 12.8. The number of rotatable bonds is 10. The molecule has 0 N–H and O–H groups in total. The fourth-order valence-corrected chi connectivity index (χ4v) is 5.30. The van der Waals surface area contributed by atoms with E-state index in [-0.39, 0.29) is 11.7 Å². The van der Waals surface area contributed by atoms with E-state index in [9.17, 15) is 9.59 Å². The molecule has 39 heavy (non-hydrogen) atoms. The van der Waals surface area contributed by atoms with Crippen LogP contribution >= 0.6 is 11.3 Å². The van der Waals surface area contributed by atoms with Crippen LogP contribution in [-0.2, 0) is 9.53 Å². The Hall–Kier alpha value is -3.91. The van der Waals surface area contributed by atoms with Crippen LogP contribution in [0.5, 0.6) is 11.5 Å². The third-order valence-electron chi connectivity index (χ3n) is 6.18. The number of aromatic nitrogens is 1. The number of allylic oxidation sites excluding steroid dienone is 2. The molecule has 0 saturated heterocycles. The zero-order valence-corrected chi connectivity index (χ0v) is 23.8. The van der Waals surface area contributed by atoms with Crippen molar-refractivity contribution in [3.63, 3.8) is 0 Å². The Kier molecular flexibility index (Phi) is 9.19. The third-order valence-corrected chi connectivity index (χ3v) is 7.18. The van der Waals surface area contributed by atoms with Gasteiger partial charge in [0.05, 0.1) is 41.7 Å². The maximum absolute atomic E-state index is 13.8. The van der Waals surface area contributed by atoms with E-state index in [0.29, 0.717) is 44.3 Å². The van der Waals surface area contributed by atoms with Gasteiger partial charge in [0.1, 0.15) is 0 Å². The van der Waals surface area contributed by atoms with Gasteiger partial charge in [-0.1, -0.05) is 73.2 Å². The summed E-state index contributed by atoms with van der Waals surface area (Å²) in [6.07, 6.45) is 7.19. The maximum Gasteiger partial charge on any atom is 0.338 e. The van der Waals surface area contributed by atoms with Crippen molar-refractivity contribution >= 4 is 29.5 Å². The minimum absolute atomic E-state index is 0.231. The largest absolute Gasteiger partial charge is 0.493 e. The highest BCUT2D eigenvalue weighted by atomic mass is 32.1. The number of ether oxygens (including phenoxy) is 3. The van der Waals surface area contributed by atoms with Crippen LogP contribution in [0.2, 0.25) is 0 Å². The standard InChI is InChI=1S/C31H34N2O5S/c1-6-7-18-37-24-17-16-23(19-25(24)36-5)28-27(30(35)38-20(2)3)21(4)32-31-33(28)29(34)26(39-31)15-11-14-22-12-9-8-10-13-22/h8-17,19-20,28H,6-7,18H2,1-5H3/b14-11+,26-15-. The molecule has 2 heterocycles. The molecule has 0 fully saturated rings. The van der Waals surface area contributed by atoms with E-state index >= 15 is 0 Å². The molecule has 1 atom stereocenters. The number of unbranched alkanes of at least 4 members (excludes halogenated alkanes) is 1. The van der Waals surface area contributed by atoms with Gasteiger partial charge < -0.3 is 14.2 Å². The lowest BCUT2D eigenvalue weighted by Crippen LogP contribution is -2.40. The van der Waals surface area contributed by atoms with Crippen LogP contribution < -0.4 is 24.4 Å². The molecular weight excluding hydrogens is 512 g/mol. The van der Waals surface area contributed by atoms with Gasteiger partial charge in [-0.2, -0.15) is 0 Å². The number of hydrogen-bond donors (Lipinski definition) is 0. The van der Waals surface area contributed by atoms with Gasteiger partial charge in [0.25, 0.3) is 5.56 Å². The predicted octanol–water partition coefficient (Wildman–Crippen LogP) is 5.04. The number of carbonyl (C=O) groups excluding carboxylic acids is 1. The number of thiazole rings is 1. The highest BCUT2D eigenvalue weighted by molar-refractivity contribution is 7.07. The smallest absolute Gasteiger partial charge is 0.338 e. The van der Waals surface area contributed by atoms with Crippen LogP contribution in [0.1, 0.15) is 57.7 Å². The molecule has 8 heteroatoms. The minimum atomic E-state index is -0.730. The van der Waals surface area contributed by atoms with Gasteiger partial charge in [-0.25, -0.2) is 9.79 Å². The van der Waals surface area contributed by atoms with Gasteiger partial charge >= 0.3 is 5.97 Å². The van der Waals surface area contributed by atoms with Crippen molar-refractivity contribution in [3.8, 4) is 11.5 Å². The van der Waals surface area contributed by atoms with E-state index in [1.54, 1.807) is 38.5 Å². The minimum Gasteiger partial charge on any atom is -0.493 e. The molecule has 0 radical (unpaired) electrons. The van der Waals surface area contributed by atoms with Crippen molar-refractivity contribution in [2.24, 2.45) is 4.99 Å². The molecule has 1 unspecified atom stereocenters. The Morgan fingerprint density at radius 1 is 1.15 bits per heavy atom. The summed E-state index contributed by atoms with van der Waals surface area (Å²) < 4.78 is 19.2. The highest BCUT2D eigenvalue weighted by Gasteiger charge is 2.34. The molecule has 1 aliphatic rings. The molecule has 0 spiro atoms. The summed E-state index contributed by atoms with van der Waals surface area (Å²) in [5.74, 6) is 0.639. The number of carbonyl (C=O) groups is 1. The van der Waals surface area contributed by atoms with Crippen LogP contribution in [0.15, 0.2) is 75.7 Å². The number of esters is 1. The number of benzene rings is 2. The first kappa shape index (κ1) is 28.1. The lowest BCUT2D eigenvalue weighted by atomic mass is 9.95. The molecule has 0 bridgehead atoms. The average Bonchev–Trinajstić information content (AvgIpc) is 3.22. The first-order valence-corrected chi connectivity index (χ1v) is 13.9. The number of fused-ring (bicyclic) bond motifs is 1. The maximum atomic E-state index is 13.8. The SMILES string of the molecule is CCCCOc1ccc(C2C(C(=O)OC(C)C)=C(C)N=c3s/c(=C\C=C\c4ccccc4)c(=O)n32)cc1OC. The van der Waals surface area contributed by atoms with E-state index in [1.165, 1.54) is 11.3 Å². The van der Waals surface area contributed by atoms with Crippen molar-refractivity contribution in [2.75, 3.05) is 13.7 Å². The average molecular weight is 547 g/mol. The van der Waals surface area contributed by atoms with Crippen molar-refractivity contribution < 1.29 is 19.0 Å². The van der Waals surface area contributed by atoms with Gasteiger partial charge in [-0.15, -0.1) is 0 Å². The molecule has 1 aliphatic heterocycles. The molecule has 1 aromatic heterocycles. The summed E-state index contributed by atoms with van der Waals surface area (Å²) >= 11 is 1.29. The van der Waals surface area contributed by atoms with Crippen LogP contribution in [0.3, 0.4) is 0 Å². The first-order valence-electron chi connectivity index (χ1n) is 13.1. The lowest BCUT2D eigenvalue weighted by Gasteiger charge is -2.26. The molecule has 4 rings (SSSR count). The fourth-order valence-electron chi connectivity index (χ4n) is 4.30. The van der Waals surface area contributed by atoms with E-state index in [4.69, 9.17) is 14.2 Å². The van der Waals surface area contributed by atoms with Gasteiger partial charge in [0, 0.05) is 0 Å². The van der Waals surface area contributed by atoms with E-state index in [1.807, 2.05) is 60.7 Å². The van der Waals surface area contributed by atoms with Gasteiger partial charge in [-0.05, 0) is 56.5 Å². The topological polar surface area (TPSA) is 79.1 Å². The summed E-state index contributed by atoms with van der Waals surface area (Å²) in [6, 6.07) is 14.6. The van der Waals surface area contributed by atoms with Gasteiger partial charge in [0.2, 0.25) is 0 Å². The van der Waals surface area contributed by atoms with E-state index < -0.39 is 12.0 Å². The zero-order chi connectivity index (χ0) is 27.9. The zero-order valence-electron chi connectivity index (χ0n) is 23.0. The van der Waals surface area contributed by atoms with Crippen molar-refractivity contribution in [1.29, 1.82) is 0 Å². The third kappa shape index (κ3) is 6.40. The molecule has 204 valence electrons. The molecular formula is C31H34N2O5S. The summed E-state index contributed by atoms with van der Waals surface area (Å²) in [6.45, 7) is 8.04. The summed E-state index contributed by atoms with van der Waals surface area (Å²) in [4.78, 5) is 32.2. The van der Waals surface area contributed by atoms with Crippen molar-refractivity contribution in [3.05, 3.63) is 96.7 Å². The molecule has 2 aromatic carbocycles. The Balaban J connectivity index is 1.84. The molecule has 3 aromatic rings. The lowest BCUT2D eigenvalue weighted by molar-refractivity contribution is -0.143. The molecule has 0 aliphatic carbocycles. The predicted molar refractivity (Wildman–Crippen MR) is 155 cm³/mol. The summed E-state index contributed by atoms with van der Waals surface area (Å²) in [5, 5.41) is 0. The molecule has 0 saturated carbocycles. The first-order chi connectivity index (χ1) is 18.8. The fraction of sp³-hybridized carbons (Fsp3) is 0.323. The second-order valence-corrected chi connectivity index (χ2v) is 10.4. The van der Waals surface area contributed by atoms with Crippen molar-refractivity contribution in [1.82, 2.24) is 4.57 Å². The highest BCUT2D eigenvalue weighted by Crippen LogP contribution is 2.36. The van der Waals surface area contributed by atoms with Gasteiger partial charge in [0.15, 0.2) is 16.3 Å². The molecule has 0 amide bonds. The summed E-state index contributed by atoms with van der Waals surface area (Å²) in [7, 11) is 1.57. The Morgan fingerprint density at radius 3 is 2.62 bits per heavy atom. The normalized spacial score (nSPS) is 15.4. The second-order valence-electron chi connectivity index (χ2n) is 9.44. The summed E-state index contributed by atoms with van der Waals surface area (Å²) in [5.41, 5.74) is 2.34. The number of nitrogens with zero attached hydrogens (tertiary/aromatic N) is 2. The van der Waals surface area contributed by atoms with Crippen LogP contribution in [-0.4, -0.2) is 30.4 Å². The Morgan fingerprint density at radius 2 is 1.92 bits per heavy atom.